The van der Waals surface area contributed by atoms with Crippen LogP contribution in [0, 0.1) is 5.82 Å². The molecule has 0 aliphatic heterocycles. The van der Waals surface area contributed by atoms with Crippen LogP contribution in [0.15, 0.2) is 18.2 Å². The van der Waals surface area contributed by atoms with Gasteiger partial charge in [0.15, 0.2) is 6.79 Å². The second-order valence-electron chi connectivity index (χ2n) is 2.77. The normalized spacial score (nSPS) is 10.0. The minimum atomic E-state index is -0.624. The van der Waals surface area contributed by atoms with Crippen molar-refractivity contribution in [1.29, 1.82) is 0 Å². The van der Waals surface area contributed by atoms with Crippen LogP contribution >= 0.6 is 0 Å². The largest absolute Gasteiger partial charge is 0.435 e. The molecule has 0 saturated heterocycles. The molecular weight excluding hydrogens is 201 g/mol. The van der Waals surface area contributed by atoms with Gasteiger partial charge in [-0.15, -0.1) is 0 Å². The number of hydrogen-bond donors (Lipinski definition) is 1. The van der Waals surface area contributed by atoms with E-state index in [-0.39, 0.29) is 18.0 Å². The smallest absolute Gasteiger partial charge is 0.342 e. The molecule has 82 valence electrons. The molecule has 1 aromatic carbocycles. The maximum absolute atomic E-state index is 12.7. The number of nitrogens with two attached hydrogens (primary N) is 1. The monoisotopic (exact) mass is 213 g/mol. The van der Waals surface area contributed by atoms with E-state index in [2.05, 4.69) is 0 Å². The maximum atomic E-state index is 12.7. The predicted molar refractivity (Wildman–Crippen MR) is 52.7 cm³/mol. The van der Waals surface area contributed by atoms with Gasteiger partial charge in [-0.25, -0.2) is 9.18 Å². The van der Waals surface area contributed by atoms with Crippen molar-refractivity contribution < 1.29 is 18.7 Å². The van der Waals surface area contributed by atoms with Gasteiger partial charge in [-0.05, 0) is 25.1 Å². The fraction of sp³-hybridized carbons (Fsp3) is 0.300. The Balaban J connectivity index is 2.65. The van der Waals surface area contributed by atoms with Crippen molar-refractivity contribution in [2.45, 2.75) is 6.92 Å². The lowest BCUT2D eigenvalue weighted by molar-refractivity contribution is -0.0273. The molecule has 0 unspecified atom stereocenters. The number of halogens is 1. The Hall–Kier alpha value is -1.62. The van der Waals surface area contributed by atoms with Crippen LogP contribution in [-0.2, 0) is 9.47 Å². The highest BCUT2D eigenvalue weighted by atomic mass is 19.1. The van der Waals surface area contributed by atoms with E-state index in [0.717, 1.165) is 12.1 Å². The summed E-state index contributed by atoms with van der Waals surface area (Å²) in [5.41, 5.74) is 5.63. The third-order valence-electron chi connectivity index (χ3n) is 1.71. The zero-order chi connectivity index (χ0) is 11.3. The van der Waals surface area contributed by atoms with E-state index in [1.807, 2.05) is 0 Å². The van der Waals surface area contributed by atoms with Crippen molar-refractivity contribution >= 4 is 11.7 Å². The Morgan fingerprint density at radius 3 is 2.87 bits per heavy atom. The van der Waals surface area contributed by atoms with E-state index in [0.29, 0.717) is 6.61 Å². The van der Waals surface area contributed by atoms with E-state index in [9.17, 15) is 9.18 Å². The van der Waals surface area contributed by atoms with Gasteiger partial charge < -0.3 is 15.2 Å². The molecular formula is C10H12FNO3. The van der Waals surface area contributed by atoms with E-state index in [1.165, 1.54) is 6.07 Å². The first kappa shape index (κ1) is 11.5. The molecule has 0 bridgehead atoms. The number of benzene rings is 1. The van der Waals surface area contributed by atoms with Gasteiger partial charge in [-0.3, -0.25) is 0 Å². The molecule has 0 aliphatic carbocycles. The fourth-order valence-electron chi connectivity index (χ4n) is 0.976. The average Bonchev–Trinajstić information content (AvgIpc) is 2.17. The molecule has 2 N–H and O–H groups in total. The number of rotatable bonds is 4. The molecule has 4 nitrogen and oxygen atoms in total. The van der Waals surface area contributed by atoms with E-state index in [1.54, 1.807) is 6.92 Å². The number of anilines is 1. The number of nitrogen functional groups attached to an aromatic ring is 1. The summed E-state index contributed by atoms with van der Waals surface area (Å²) in [5, 5.41) is 0. The first-order valence-electron chi connectivity index (χ1n) is 4.45. The SMILES string of the molecule is CCOCOC(=O)c1ccc(F)cc1N. The molecule has 0 amide bonds. The lowest BCUT2D eigenvalue weighted by Crippen LogP contribution is -2.11. The van der Waals surface area contributed by atoms with Crippen LogP contribution in [0.4, 0.5) is 10.1 Å². The van der Waals surface area contributed by atoms with Crippen molar-refractivity contribution in [3.8, 4) is 0 Å². The minimum absolute atomic E-state index is 0.0523. The van der Waals surface area contributed by atoms with Gasteiger partial charge in [0, 0.05) is 12.3 Å². The van der Waals surface area contributed by atoms with E-state index >= 15 is 0 Å². The number of hydrogen-bond acceptors (Lipinski definition) is 4. The number of carbonyl (C=O) groups is 1. The molecule has 1 aromatic rings. The van der Waals surface area contributed by atoms with Crippen molar-refractivity contribution in [3.63, 3.8) is 0 Å². The highest BCUT2D eigenvalue weighted by Gasteiger charge is 2.11. The molecule has 0 saturated carbocycles. The molecule has 0 aromatic heterocycles. The summed E-state index contributed by atoms with van der Waals surface area (Å²) in [6.07, 6.45) is 0. The lowest BCUT2D eigenvalue weighted by atomic mass is 10.2. The van der Waals surface area contributed by atoms with Gasteiger partial charge in [0.25, 0.3) is 0 Å². The van der Waals surface area contributed by atoms with Crippen LogP contribution in [0.3, 0.4) is 0 Å². The van der Waals surface area contributed by atoms with Crippen LogP contribution < -0.4 is 5.73 Å². The van der Waals surface area contributed by atoms with Gasteiger partial charge in [-0.1, -0.05) is 0 Å². The lowest BCUT2D eigenvalue weighted by Gasteiger charge is -2.06. The summed E-state index contributed by atoms with van der Waals surface area (Å²) < 4.78 is 22.2. The Kier molecular flexibility index (Phi) is 4.05. The van der Waals surface area contributed by atoms with E-state index in [4.69, 9.17) is 15.2 Å². The summed E-state index contributed by atoms with van der Waals surface area (Å²) in [7, 11) is 0. The molecule has 1 rings (SSSR count). The van der Waals surface area contributed by atoms with Crippen LogP contribution in [0.5, 0.6) is 0 Å². The highest BCUT2D eigenvalue weighted by Crippen LogP contribution is 2.14. The summed E-state index contributed by atoms with van der Waals surface area (Å²) in [5.74, 6) is -1.12. The third-order valence-corrected chi connectivity index (χ3v) is 1.71. The second-order valence-corrected chi connectivity index (χ2v) is 2.77. The average molecular weight is 213 g/mol. The Bertz CT molecular complexity index is 355. The molecule has 0 spiro atoms. The molecule has 0 heterocycles. The van der Waals surface area contributed by atoms with Crippen molar-refractivity contribution in [2.24, 2.45) is 0 Å². The standard InChI is InChI=1S/C10H12FNO3/c1-2-14-6-15-10(13)8-4-3-7(11)5-9(8)12/h3-5H,2,6,12H2,1H3. The van der Waals surface area contributed by atoms with Gasteiger partial charge in [-0.2, -0.15) is 0 Å². The number of carbonyl (C=O) groups excluding carboxylic acids is 1. The number of esters is 1. The third kappa shape index (κ3) is 3.21. The van der Waals surface area contributed by atoms with Gasteiger partial charge in [0.05, 0.1) is 5.56 Å². The summed E-state index contributed by atoms with van der Waals surface area (Å²) in [4.78, 5) is 11.3. The van der Waals surface area contributed by atoms with E-state index < -0.39 is 11.8 Å². The molecule has 5 heteroatoms. The van der Waals surface area contributed by atoms with Crippen molar-refractivity contribution in [2.75, 3.05) is 19.1 Å². The highest BCUT2D eigenvalue weighted by molar-refractivity contribution is 5.94. The second kappa shape index (κ2) is 5.31. The first-order valence-corrected chi connectivity index (χ1v) is 4.45. The molecule has 15 heavy (non-hydrogen) atoms. The van der Waals surface area contributed by atoms with Crippen LogP contribution in [-0.4, -0.2) is 19.4 Å². The first-order chi connectivity index (χ1) is 7.15. The summed E-state index contributed by atoms with van der Waals surface area (Å²) in [6, 6.07) is 3.49. The fourth-order valence-corrected chi connectivity index (χ4v) is 0.976. The summed E-state index contributed by atoms with van der Waals surface area (Å²) in [6.45, 7) is 2.10. The minimum Gasteiger partial charge on any atom is -0.435 e. The summed E-state index contributed by atoms with van der Waals surface area (Å²) >= 11 is 0. The zero-order valence-corrected chi connectivity index (χ0v) is 8.33. The van der Waals surface area contributed by atoms with Crippen molar-refractivity contribution in [1.82, 2.24) is 0 Å². The van der Waals surface area contributed by atoms with Gasteiger partial charge in [0.1, 0.15) is 5.82 Å². The van der Waals surface area contributed by atoms with Crippen LogP contribution in [0.1, 0.15) is 17.3 Å². The quantitative estimate of drug-likeness (QED) is 0.357. The topological polar surface area (TPSA) is 61.5 Å². The maximum Gasteiger partial charge on any atom is 0.342 e. The Morgan fingerprint density at radius 1 is 1.53 bits per heavy atom. The van der Waals surface area contributed by atoms with Crippen molar-refractivity contribution in [3.05, 3.63) is 29.6 Å². The van der Waals surface area contributed by atoms with Crippen LogP contribution in [0.2, 0.25) is 0 Å². The molecule has 0 radical (unpaired) electrons. The Labute approximate surface area is 86.8 Å². The van der Waals surface area contributed by atoms with Crippen LogP contribution in [0.25, 0.3) is 0 Å². The predicted octanol–water partition coefficient (Wildman–Crippen LogP) is 1.56. The molecule has 0 atom stereocenters. The zero-order valence-electron chi connectivity index (χ0n) is 8.33. The number of ether oxygens (including phenoxy) is 2. The molecule has 0 fully saturated rings. The Morgan fingerprint density at radius 2 is 2.27 bits per heavy atom. The van der Waals surface area contributed by atoms with Gasteiger partial charge in [0.2, 0.25) is 0 Å². The van der Waals surface area contributed by atoms with Gasteiger partial charge >= 0.3 is 5.97 Å². The molecule has 0 aliphatic rings.